The highest BCUT2D eigenvalue weighted by Crippen LogP contribution is 2.26. The number of amides is 2. The number of fused-ring (bicyclic) bond motifs is 1. The standard InChI is InChI=1S/C26H28ClN3O3/c1-4-14-33-23-13-12-18-8-5-6-11-21(18)22(23)16-28-30-26(32)24(17(2)3)29-25(31)19-9-7-10-20(27)15-19/h5-13,15-17,24H,4,14H2,1-3H3,(H,29,31)(H,30,32)/b28-16+. The first kappa shape index (κ1) is 24.3. The molecule has 0 saturated carbocycles. The van der Waals surface area contributed by atoms with E-state index in [2.05, 4.69) is 15.8 Å². The normalized spacial score (nSPS) is 12.2. The van der Waals surface area contributed by atoms with Gasteiger partial charge in [-0.05, 0) is 47.4 Å². The highest BCUT2D eigenvalue weighted by molar-refractivity contribution is 6.31. The molecule has 172 valence electrons. The van der Waals surface area contributed by atoms with E-state index in [1.807, 2.05) is 57.2 Å². The molecule has 0 fully saturated rings. The predicted molar refractivity (Wildman–Crippen MR) is 133 cm³/mol. The Hall–Kier alpha value is -3.38. The molecule has 3 aromatic rings. The van der Waals surface area contributed by atoms with Crippen LogP contribution in [0, 0.1) is 5.92 Å². The Kier molecular flexibility index (Phi) is 8.44. The van der Waals surface area contributed by atoms with Crippen LogP contribution in [-0.2, 0) is 4.79 Å². The van der Waals surface area contributed by atoms with Crippen molar-refractivity contribution in [2.24, 2.45) is 11.0 Å². The zero-order chi connectivity index (χ0) is 23.8. The van der Waals surface area contributed by atoms with Crippen molar-refractivity contribution in [3.63, 3.8) is 0 Å². The number of carbonyl (C=O) groups excluding carboxylic acids is 2. The van der Waals surface area contributed by atoms with Gasteiger partial charge < -0.3 is 10.1 Å². The fourth-order valence-corrected chi connectivity index (χ4v) is 3.56. The summed E-state index contributed by atoms with van der Waals surface area (Å²) in [6, 6.07) is 17.6. The molecule has 1 unspecified atom stereocenters. The van der Waals surface area contributed by atoms with Gasteiger partial charge in [-0.25, -0.2) is 5.43 Å². The summed E-state index contributed by atoms with van der Waals surface area (Å²) in [4.78, 5) is 25.4. The summed E-state index contributed by atoms with van der Waals surface area (Å²) in [5.74, 6) is -0.236. The molecular formula is C26H28ClN3O3. The lowest BCUT2D eigenvalue weighted by Crippen LogP contribution is -2.48. The Labute approximate surface area is 199 Å². The maximum atomic E-state index is 12.8. The summed E-state index contributed by atoms with van der Waals surface area (Å²) < 4.78 is 5.88. The number of rotatable bonds is 9. The third kappa shape index (κ3) is 6.33. The Balaban J connectivity index is 1.77. The first-order valence-corrected chi connectivity index (χ1v) is 11.3. The molecule has 0 spiro atoms. The van der Waals surface area contributed by atoms with Crippen LogP contribution in [0.1, 0.15) is 43.1 Å². The van der Waals surface area contributed by atoms with E-state index in [1.165, 1.54) is 0 Å². The number of hydrogen-bond acceptors (Lipinski definition) is 4. The molecule has 0 aromatic heterocycles. The van der Waals surface area contributed by atoms with Crippen LogP contribution in [0.2, 0.25) is 5.02 Å². The topological polar surface area (TPSA) is 79.8 Å². The van der Waals surface area contributed by atoms with Gasteiger partial charge in [0.15, 0.2) is 0 Å². The number of halogens is 1. The van der Waals surface area contributed by atoms with Crippen LogP contribution < -0.4 is 15.5 Å². The van der Waals surface area contributed by atoms with E-state index in [0.717, 1.165) is 22.8 Å². The van der Waals surface area contributed by atoms with Gasteiger partial charge in [0.2, 0.25) is 0 Å². The second-order valence-corrected chi connectivity index (χ2v) is 8.42. The van der Waals surface area contributed by atoms with E-state index in [1.54, 1.807) is 30.5 Å². The van der Waals surface area contributed by atoms with Crippen molar-refractivity contribution < 1.29 is 14.3 Å². The summed E-state index contributed by atoms with van der Waals surface area (Å²) >= 11 is 5.97. The largest absolute Gasteiger partial charge is 0.493 e. The zero-order valence-corrected chi connectivity index (χ0v) is 19.7. The Morgan fingerprint density at radius 2 is 1.88 bits per heavy atom. The summed E-state index contributed by atoms with van der Waals surface area (Å²) in [6.45, 7) is 6.33. The average molecular weight is 466 g/mol. The third-order valence-corrected chi connectivity index (χ3v) is 5.32. The highest BCUT2D eigenvalue weighted by atomic mass is 35.5. The second kappa shape index (κ2) is 11.5. The van der Waals surface area contributed by atoms with E-state index >= 15 is 0 Å². The molecule has 7 heteroatoms. The van der Waals surface area contributed by atoms with Gasteiger partial charge in [-0.1, -0.05) is 68.8 Å². The van der Waals surface area contributed by atoms with E-state index in [4.69, 9.17) is 16.3 Å². The van der Waals surface area contributed by atoms with Crippen LogP contribution in [0.15, 0.2) is 65.8 Å². The lowest BCUT2D eigenvalue weighted by molar-refractivity contribution is -0.123. The van der Waals surface area contributed by atoms with Gasteiger partial charge in [0.1, 0.15) is 11.8 Å². The number of hydrogen-bond donors (Lipinski definition) is 2. The number of ether oxygens (including phenoxy) is 1. The van der Waals surface area contributed by atoms with Crippen LogP contribution in [0.3, 0.4) is 0 Å². The molecule has 1 atom stereocenters. The molecule has 0 saturated heterocycles. The van der Waals surface area contributed by atoms with Crippen molar-refractivity contribution in [2.45, 2.75) is 33.2 Å². The monoisotopic (exact) mass is 465 g/mol. The van der Waals surface area contributed by atoms with Gasteiger partial charge in [0.25, 0.3) is 11.8 Å². The molecule has 6 nitrogen and oxygen atoms in total. The molecule has 0 aliphatic carbocycles. The van der Waals surface area contributed by atoms with E-state index < -0.39 is 11.9 Å². The lowest BCUT2D eigenvalue weighted by Gasteiger charge is -2.20. The minimum atomic E-state index is -0.767. The first-order valence-electron chi connectivity index (χ1n) is 10.9. The summed E-state index contributed by atoms with van der Waals surface area (Å²) in [6.07, 6.45) is 2.46. The van der Waals surface area contributed by atoms with Gasteiger partial charge in [-0.15, -0.1) is 0 Å². The van der Waals surface area contributed by atoms with E-state index in [-0.39, 0.29) is 11.8 Å². The van der Waals surface area contributed by atoms with Crippen LogP contribution >= 0.6 is 11.6 Å². The molecule has 2 N–H and O–H groups in total. The molecule has 3 aromatic carbocycles. The maximum Gasteiger partial charge on any atom is 0.262 e. The second-order valence-electron chi connectivity index (χ2n) is 7.99. The molecular weight excluding hydrogens is 438 g/mol. The number of nitrogens with zero attached hydrogens (tertiary/aromatic N) is 1. The molecule has 3 rings (SSSR count). The molecule has 0 aliphatic heterocycles. The van der Waals surface area contributed by atoms with Crippen molar-refractivity contribution in [3.05, 3.63) is 76.8 Å². The van der Waals surface area contributed by atoms with Crippen LogP contribution in [0.4, 0.5) is 0 Å². The highest BCUT2D eigenvalue weighted by Gasteiger charge is 2.24. The molecule has 2 amide bonds. The van der Waals surface area contributed by atoms with Crippen molar-refractivity contribution in [2.75, 3.05) is 6.61 Å². The fourth-order valence-electron chi connectivity index (χ4n) is 3.37. The Morgan fingerprint density at radius 3 is 2.61 bits per heavy atom. The van der Waals surface area contributed by atoms with Gasteiger partial charge in [0, 0.05) is 16.1 Å². The summed E-state index contributed by atoms with van der Waals surface area (Å²) in [7, 11) is 0. The Bertz CT molecular complexity index is 1160. The third-order valence-electron chi connectivity index (χ3n) is 5.08. The average Bonchev–Trinajstić information content (AvgIpc) is 2.81. The van der Waals surface area contributed by atoms with E-state index in [9.17, 15) is 9.59 Å². The SMILES string of the molecule is CCCOc1ccc2ccccc2c1/C=N/NC(=O)C(NC(=O)c1cccc(Cl)c1)C(C)C. The van der Waals surface area contributed by atoms with Crippen LogP contribution in [-0.4, -0.2) is 30.7 Å². The van der Waals surface area contributed by atoms with Crippen LogP contribution in [0.5, 0.6) is 5.75 Å². The summed E-state index contributed by atoms with van der Waals surface area (Å²) in [5.41, 5.74) is 3.73. The fraction of sp³-hybridized carbons (Fsp3) is 0.269. The van der Waals surface area contributed by atoms with Gasteiger partial charge in [-0.2, -0.15) is 5.10 Å². The van der Waals surface area contributed by atoms with E-state index in [0.29, 0.717) is 22.9 Å². The quantitative estimate of drug-likeness (QED) is 0.337. The van der Waals surface area contributed by atoms with Gasteiger partial charge in [0.05, 0.1) is 12.8 Å². The van der Waals surface area contributed by atoms with Crippen molar-refractivity contribution in [3.8, 4) is 5.75 Å². The molecule has 33 heavy (non-hydrogen) atoms. The van der Waals surface area contributed by atoms with Crippen molar-refractivity contribution in [1.82, 2.24) is 10.7 Å². The maximum absolute atomic E-state index is 12.8. The number of hydrazone groups is 1. The smallest absolute Gasteiger partial charge is 0.262 e. The number of carbonyl (C=O) groups is 2. The first-order chi connectivity index (χ1) is 15.9. The van der Waals surface area contributed by atoms with Crippen molar-refractivity contribution >= 4 is 40.4 Å². The number of benzene rings is 3. The minimum absolute atomic E-state index is 0.149. The molecule has 0 aliphatic rings. The lowest BCUT2D eigenvalue weighted by atomic mass is 10.0. The van der Waals surface area contributed by atoms with Crippen molar-refractivity contribution in [1.29, 1.82) is 0 Å². The van der Waals surface area contributed by atoms with Gasteiger partial charge >= 0.3 is 0 Å². The predicted octanol–water partition coefficient (Wildman–Crippen LogP) is 5.19. The molecule has 0 bridgehead atoms. The zero-order valence-electron chi connectivity index (χ0n) is 19.0. The van der Waals surface area contributed by atoms with Gasteiger partial charge in [-0.3, -0.25) is 9.59 Å². The number of nitrogens with one attached hydrogen (secondary N) is 2. The summed E-state index contributed by atoms with van der Waals surface area (Å²) in [5, 5.41) is 9.42. The molecule has 0 heterocycles. The molecule has 0 radical (unpaired) electrons. The minimum Gasteiger partial charge on any atom is -0.493 e. The van der Waals surface area contributed by atoms with Crippen LogP contribution in [0.25, 0.3) is 10.8 Å². The Morgan fingerprint density at radius 1 is 1.09 bits per heavy atom.